The van der Waals surface area contributed by atoms with Crippen molar-refractivity contribution in [2.24, 2.45) is 0 Å². The van der Waals surface area contributed by atoms with E-state index in [1.807, 2.05) is 0 Å². The fourth-order valence-corrected chi connectivity index (χ4v) is 1.65. The average Bonchev–Trinajstić information content (AvgIpc) is 2.01. The van der Waals surface area contributed by atoms with Gasteiger partial charge in [0.2, 0.25) is 10.0 Å². The third-order valence-corrected chi connectivity index (χ3v) is 3.70. The molecule has 0 heterocycles. The second kappa shape index (κ2) is 4.18. The van der Waals surface area contributed by atoms with Gasteiger partial charge in [-0.25, -0.2) is 13.1 Å². The second-order valence-corrected chi connectivity index (χ2v) is 4.83. The number of aliphatic hydroxyl groups is 1. The summed E-state index contributed by atoms with van der Waals surface area (Å²) >= 11 is 0. The number of hydrogen-bond acceptors (Lipinski definition) is 4. The number of rotatable bonds is 4. The van der Waals surface area contributed by atoms with Crippen LogP contribution in [0.2, 0.25) is 0 Å². The summed E-state index contributed by atoms with van der Waals surface area (Å²) in [7, 11) is -0.432. The van der Waals surface area contributed by atoms with E-state index in [0.29, 0.717) is 0 Å². The van der Waals surface area contributed by atoms with Gasteiger partial charge in [-0.05, 0) is 27.9 Å². The number of sulfonamides is 1. The van der Waals surface area contributed by atoms with Crippen molar-refractivity contribution in [2.45, 2.75) is 25.4 Å². The first-order valence-corrected chi connectivity index (χ1v) is 5.20. The molecular formula is C6H16N2O3S. The molecule has 0 saturated carbocycles. The van der Waals surface area contributed by atoms with Crippen molar-refractivity contribution < 1.29 is 13.5 Å². The van der Waals surface area contributed by atoms with E-state index < -0.39 is 21.6 Å². The van der Waals surface area contributed by atoms with Crippen LogP contribution in [0.5, 0.6) is 0 Å². The van der Waals surface area contributed by atoms with Gasteiger partial charge in [0.25, 0.3) is 0 Å². The number of hydrogen-bond donors (Lipinski definition) is 2. The highest BCUT2D eigenvalue weighted by Crippen LogP contribution is 2.05. The molecule has 0 aliphatic carbocycles. The van der Waals surface area contributed by atoms with Crippen LogP contribution >= 0.6 is 0 Å². The molecule has 0 aromatic carbocycles. The molecule has 5 nitrogen and oxygen atoms in total. The maximum Gasteiger partial charge on any atom is 0.227 e. The zero-order valence-corrected chi connectivity index (χ0v) is 8.59. The first-order valence-electron chi connectivity index (χ1n) is 3.65. The molecule has 0 aromatic heterocycles. The Labute approximate surface area is 73.4 Å². The van der Waals surface area contributed by atoms with Crippen LogP contribution in [0.25, 0.3) is 0 Å². The molecule has 12 heavy (non-hydrogen) atoms. The van der Waals surface area contributed by atoms with Crippen LogP contribution in [0.3, 0.4) is 0 Å². The van der Waals surface area contributed by atoms with E-state index in [1.54, 1.807) is 7.05 Å². The van der Waals surface area contributed by atoms with Gasteiger partial charge >= 0.3 is 0 Å². The lowest BCUT2D eigenvalue weighted by atomic mass is 10.5. The fraction of sp³-hybridized carbons (Fsp3) is 1.00. The molecule has 0 fully saturated rings. The Bertz CT molecular complexity index is 225. The summed E-state index contributed by atoms with van der Waals surface area (Å²) in [6, 6.07) is 0. The van der Waals surface area contributed by atoms with Crippen LogP contribution in [0, 0.1) is 0 Å². The minimum absolute atomic E-state index is 0.734. The Morgan fingerprint density at radius 3 is 2.08 bits per heavy atom. The number of nitrogens with one attached hydrogen (secondary N) is 1. The van der Waals surface area contributed by atoms with Crippen molar-refractivity contribution in [1.29, 1.82) is 0 Å². The fourth-order valence-electron chi connectivity index (χ4n) is 0.693. The maximum atomic E-state index is 11.2. The van der Waals surface area contributed by atoms with Crippen molar-refractivity contribution in [2.75, 3.05) is 14.1 Å². The molecule has 0 aliphatic heterocycles. The van der Waals surface area contributed by atoms with Gasteiger partial charge in [-0.1, -0.05) is 0 Å². The van der Waals surface area contributed by atoms with Gasteiger partial charge in [-0.3, -0.25) is 4.90 Å². The molecule has 0 aromatic rings. The molecule has 0 amide bonds. The minimum atomic E-state index is -3.33. The van der Waals surface area contributed by atoms with E-state index in [1.165, 1.54) is 25.8 Å². The highest BCUT2D eigenvalue weighted by atomic mass is 32.2. The van der Waals surface area contributed by atoms with E-state index in [4.69, 9.17) is 5.11 Å². The largest absolute Gasteiger partial charge is 0.379 e. The van der Waals surface area contributed by atoms with Crippen LogP contribution in [0.1, 0.15) is 13.8 Å². The third kappa shape index (κ3) is 2.71. The lowest BCUT2D eigenvalue weighted by Gasteiger charge is -2.26. The SMILES string of the molecule is CNS(=O)(=O)C(C)N(C)C(C)O. The van der Waals surface area contributed by atoms with E-state index in [9.17, 15) is 8.42 Å². The van der Waals surface area contributed by atoms with Crippen molar-refractivity contribution in [3.8, 4) is 0 Å². The summed E-state index contributed by atoms with van der Waals surface area (Å²) in [6.07, 6.45) is -0.775. The van der Waals surface area contributed by atoms with Gasteiger partial charge < -0.3 is 5.11 Å². The van der Waals surface area contributed by atoms with Gasteiger partial charge in [0, 0.05) is 0 Å². The summed E-state index contributed by atoms with van der Waals surface area (Å²) in [5.74, 6) is 0. The van der Waals surface area contributed by atoms with Crippen molar-refractivity contribution in [3.63, 3.8) is 0 Å². The molecule has 0 rings (SSSR count). The Morgan fingerprint density at radius 2 is 1.83 bits per heavy atom. The summed E-state index contributed by atoms with van der Waals surface area (Å²) in [5.41, 5.74) is 0. The first-order chi connectivity index (χ1) is 5.33. The zero-order chi connectivity index (χ0) is 9.94. The Morgan fingerprint density at radius 1 is 1.42 bits per heavy atom. The first kappa shape index (κ1) is 11.8. The normalized spacial score (nSPS) is 17.8. The predicted octanol–water partition coefficient (Wildman–Crippen LogP) is -0.848. The summed E-state index contributed by atoms with van der Waals surface area (Å²) in [5, 5.41) is 8.35. The monoisotopic (exact) mass is 196 g/mol. The van der Waals surface area contributed by atoms with Crippen molar-refractivity contribution in [3.05, 3.63) is 0 Å². The smallest absolute Gasteiger partial charge is 0.227 e. The molecule has 0 bridgehead atoms. The zero-order valence-electron chi connectivity index (χ0n) is 7.77. The molecule has 0 aliphatic rings. The molecule has 6 heteroatoms. The van der Waals surface area contributed by atoms with Gasteiger partial charge in [0.1, 0.15) is 11.6 Å². The lowest BCUT2D eigenvalue weighted by molar-refractivity contribution is 0.0320. The molecule has 2 atom stereocenters. The van der Waals surface area contributed by atoms with Crippen molar-refractivity contribution >= 4 is 10.0 Å². The average molecular weight is 196 g/mol. The molecule has 0 radical (unpaired) electrons. The molecule has 2 unspecified atom stereocenters. The minimum Gasteiger partial charge on any atom is -0.379 e. The van der Waals surface area contributed by atoms with E-state index in [0.717, 1.165) is 0 Å². The highest BCUT2D eigenvalue weighted by Gasteiger charge is 2.25. The van der Waals surface area contributed by atoms with E-state index in [-0.39, 0.29) is 0 Å². The standard InChI is InChI=1S/C6H16N2O3S/c1-5(9)8(4)6(2)12(10,11)7-3/h5-7,9H,1-4H3. The van der Waals surface area contributed by atoms with Crippen LogP contribution < -0.4 is 4.72 Å². The van der Waals surface area contributed by atoms with Crippen molar-refractivity contribution in [1.82, 2.24) is 9.62 Å². The van der Waals surface area contributed by atoms with Crippen LogP contribution in [-0.2, 0) is 10.0 Å². The summed E-state index contributed by atoms with van der Waals surface area (Å²) in [4.78, 5) is 1.35. The topological polar surface area (TPSA) is 69.6 Å². The highest BCUT2D eigenvalue weighted by molar-refractivity contribution is 7.90. The van der Waals surface area contributed by atoms with E-state index >= 15 is 0 Å². The third-order valence-electron chi connectivity index (χ3n) is 1.90. The quantitative estimate of drug-likeness (QED) is 0.575. The second-order valence-electron chi connectivity index (χ2n) is 2.65. The molecule has 0 spiro atoms. The van der Waals surface area contributed by atoms with Crippen LogP contribution in [-0.4, -0.2) is 44.1 Å². The van der Waals surface area contributed by atoms with E-state index in [2.05, 4.69) is 4.72 Å². The van der Waals surface area contributed by atoms with Gasteiger partial charge in [0.05, 0.1) is 0 Å². The number of aliphatic hydroxyl groups excluding tert-OH is 1. The van der Waals surface area contributed by atoms with Gasteiger partial charge in [-0.15, -0.1) is 0 Å². The van der Waals surface area contributed by atoms with Crippen LogP contribution in [0.15, 0.2) is 0 Å². The Hall–Kier alpha value is -0.170. The Balaban J connectivity index is 4.50. The van der Waals surface area contributed by atoms with Gasteiger partial charge in [0.15, 0.2) is 0 Å². The molecular weight excluding hydrogens is 180 g/mol. The molecule has 0 saturated heterocycles. The molecule has 2 N–H and O–H groups in total. The van der Waals surface area contributed by atoms with Crippen LogP contribution in [0.4, 0.5) is 0 Å². The Kier molecular flexibility index (Phi) is 4.12. The summed E-state index contributed by atoms with van der Waals surface area (Å²) in [6.45, 7) is 3.03. The molecule has 74 valence electrons. The predicted molar refractivity (Wildman–Crippen MR) is 46.9 cm³/mol. The van der Waals surface area contributed by atoms with Gasteiger partial charge in [-0.2, -0.15) is 0 Å². The summed E-state index contributed by atoms with van der Waals surface area (Å²) < 4.78 is 24.6. The lowest BCUT2D eigenvalue weighted by Crippen LogP contribution is -2.45. The maximum absolute atomic E-state index is 11.2. The number of nitrogens with zero attached hydrogens (tertiary/aromatic N) is 1.